The molecule has 2 rings (SSSR count). The zero-order chi connectivity index (χ0) is 14.8. The Balaban J connectivity index is 1.94. The smallest absolute Gasteiger partial charge is 0.323 e. The second-order valence-corrected chi connectivity index (χ2v) is 5.88. The highest BCUT2D eigenvalue weighted by Gasteiger charge is 2.38. The van der Waals surface area contributed by atoms with Gasteiger partial charge in [0, 0.05) is 12.5 Å². The minimum Gasteiger partial charge on any atom is -0.493 e. The van der Waals surface area contributed by atoms with Crippen LogP contribution in [0.5, 0.6) is 5.75 Å². The number of carbonyl (C=O) groups is 1. The summed E-state index contributed by atoms with van der Waals surface area (Å²) in [5.74, 6) is 0.0566. The number of aryl methyl sites for hydroxylation is 2. The van der Waals surface area contributed by atoms with Crippen molar-refractivity contribution in [3.8, 4) is 5.75 Å². The molecule has 0 amide bonds. The van der Waals surface area contributed by atoms with Gasteiger partial charge in [-0.05, 0) is 44.7 Å². The van der Waals surface area contributed by atoms with E-state index < -0.39 is 11.5 Å². The van der Waals surface area contributed by atoms with E-state index in [9.17, 15) is 9.90 Å². The van der Waals surface area contributed by atoms with Crippen LogP contribution in [0.15, 0.2) is 18.2 Å². The first-order valence-electron chi connectivity index (χ1n) is 7.12. The van der Waals surface area contributed by atoms with Crippen molar-refractivity contribution in [3.63, 3.8) is 0 Å². The van der Waals surface area contributed by atoms with Crippen molar-refractivity contribution in [2.45, 2.75) is 51.6 Å². The fraction of sp³-hybridized carbons (Fsp3) is 0.562. The third kappa shape index (κ3) is 3.51. The summed E-state index contributed by atoms with van der Waals surface area (Å²) in [7, 11) is 0. The van der Waals surface area contributed by atoms with Crippen LogP contribution in [0.2, 0.25) is 0 Å². The lowest BCUT2D eigenvalue weighted by molar-refractivity contribution is -0.144. The van der Waals surface area contributed by atoms with Crippen LogP contribution in [0.25, 0.3) is 0 Å². The van der Waals surface area contributed by atoms with Gasteiger partial charge in [-0.25, -0.2) is 0 Å². The van der Waals surface area contributed by atoms with Crippen LogP contribution >= 0.6 is 0 Å². The normalized spacial score (nSPS) is 17.6. The number of ether oxygens (including phenoxy) is 1. The molecule has 1 unspecified atom stereocenters. The van der Waals surface area contributed by atoms with Gasteiger partial charge in [-0.3, -0.25) is 10.1 Å². The molecule has 1 saturated carbocycles. The zero-order valence-corrected chi connectivity index (χ0v) is 12.4. The van der Waals surface area contributed by atoms with Crippen LogP contribution in [0, 0.1) is 13.8 Å². The SMILES string of the molecule is Cc1cccc(C)c1OCCC(C)(NC1CC1)C(=O)O. The lowest BCUT2D eigenvalue weighted by Gasteiger charge is -2.26. The maximum absolute atomic E-state index is 11.4. The highest BCUT2D eigenvalue weighted by Crippen LogP contribution is 2.26. The summed E-state index contributed by atoms with van der Waals surface area (Å²) in [4.78, 5) is 11.4. The third-order valence-electron chi connectivity index (χ3n) is 3.83. The molecule has 0 bridgehead atoms. The summed E-state index contributed by atoms with van der Waals surface area (Å²) in [5, 5.41) is 12.6. The van der Waals surface area contributed by atoms with Crippen molar-refractivity contribution < 1.29 is 14.6 Å². The van der Waals surface area contributed by atoms with Crippen LogP contribution < -0.4 is 10.1 Å². The maximum atomic E-state index is 11.4. The van der Waals surface area contributed by atoms with E-state index in [1.54, 1.807) is 6.92 Å². The molecule has 0 aromatic heterocycles. The number of rotatable bonds is 7. The Bertz CT molecular complexity index is 476. The summed E-state index contributed by atoms with van der Waals surface area (Å²) in [6, 6.07) is 6.35. The number of carboxylic acids is 1. The molecular weight excluding hydrogens is 254 g/mol. The fourth-order valence-electron chi connectivity index (χ4n) is 2.30. The predicted octanol–water partition coefficient (Wildman–Crippen LogP) is 2.67. The molecular formula is C16H23NO3. The minimum absolute atomic E-state index is 0.358. The van der Waals surface area contributed by atoms with E-state index in [4.69, 9.17) is 4.74 Å². The molecule has 1 aromatic carbocycles. The average molecular weight is 277 g/mol. The second-order valence-electron chi connectivity index (χ2n) is 5.88. The highest BCUT2D eigenvalue weighted by atomic mass is 16.5. The first-order valence-corrected chi connectivity index (χ1v) is 7.12. The van der Waals surface area contributed by atoms with E-state index in [2.05, 4.69) is 5.32 Å². The lowest BCUT2D eigenvalue weighted by atomic mass is 9.98. The van der Waals surface area contributed by atoms with Crippen LogP contribution in [-0.4, -0.2) is 29.3 Å². The number of para-hydroxylation sites is 1. The van der Waals surface area contributed by atoms with Crippen LogP contribution in [0.1, 0.15) is 37.3 Å². The number of carboxylic acid groups (broad SMARTS) is 1. The van der Waals surface area contributed by atoms with Crippen molar-refractivity contribution in [3.05, 3.63) is 29.3 Å². The Morgan fingerprint density at radius 1 is 1.40 bits per heavy atom. The Morgan fingerprint density at radius 3 is 2.50 bits per heavy atom. The van der Waals surface area contributed by atoms with Crippen LogP contribution in [0.3, 0.4) is 0 Å². The third-order valence-corrected chi connectivity index (χ3v) is 3.83. The Kier molecular flexibility index (Phi) is 4.33. The van der Waals surface area contributed by atoms with Crippen LogP contribution in [-0.2, 0) is 4.79 Å². The van der Waals surface area contributed by atoms with E-state index >= 15 is 0 Å². The van der Waals surface area contributed by atoms with Crippen molar-refractivity contribution in [1.82, 2.24) is 5.32 Å². The quantitative estimate of drug-likeness (QED) is 0.804. The molecule has 0 saturated heterocycles. The zero-order valence-electron chi connectivity index (χ0n) is 12.4. The van der Waals surface area contributed by atoms with Gasteiger partial charge in [0.2, 0.25) is 0 Å². The molecule has 20 heavy (non-hydrogen) atoms. The van der Waals surface area contributed by atoms with E-state index in [1.807, 2.05) is 32.0 Å². The standard InChI is InChI=1S/C16H23NO3/c1-11-5-4-6-12(2)14(11)20-10-9-16(3,15(18)19)17-13-7-8-13/h4-6,13,17H,7-10H2,1-3H3,(H,18,19). The molecule has 0 aliphatic heterocycles. The molecule has 0 radical (unpaired) electrons. The summed E-state index contributed by atoms with van der Waals surface area (Å²) >= 11 is 0. The maximum Gasteiger partial charge on any atom is 0.323 e. The number of aliphatic carboxylic acids is 1. The lowest BCUT2D eigenvalue weighted by Crippen LogP contribution is -2.51. The van der Waals surface area contributed by atoms with Crippen molar-refractivity contribution in [2.75, 3.05) is 6.61 Å². The van der Waals surface area contributed by atoms with E-state index in [0.29, 0.717) is 19.1 Å². The predicted molar refractivity (Wildman–Crippen MR) is 78.2 cm³/mol. The Labute approximate surface area is 120 Å². The molecule has 1 atom stereocenters. The van der Waals surface area contributed by atoms with Crippen LogP contribution in [0.4, 0.5) is 0 Å². The van der Waals surface area contributed by atoms with Gasteiger partial charge in [0.05, 0.1) is 6.61 Å². The number of hydrogen-bond donors (Lipinski definition) is 2. The summed E-state index contributed by atoms with van der Waals surface area (Å²) in [5.41, 5.74) is 1.26. The van der Waals surface area contributed by atoms with Gasteiger partial charge in [-0.1, -0.05) is 18.2 Å². The van der Waals surface area contributed by atoms with E-state index in [0.717, 1.165) is 29.7 Å². The molecule has 1 aliphatic carbocycles. The summed E-state index contributed by atoms with van der Waals surface area (Å²) < 4.78 is 5.81. The van der Waals surface area contributed by atoms with Crippen molar-refractivity contribution in [2.24, 2.45) is 0 Å². The summed E-state index contributed by atoms with van der Waals surface area (Å²) in [6.07, 6.45) is 2.59. The second kappa shape index (κ2) is 5.83. The van der Waals surface area contributed by atoms with Gasteiger partial charge in [-0.2, -0.15) is 0 Å². The Morgan fingerprint density at radius 2 is 2.00 bits per heavy atom. The Hall–Kier alpha value is -1.55. The molecule has 0 heterocycles. The number of hydrogen-bond acceptors (Lipinski definition) is 3. The van der Waals surface area contributed by atoms with E-state index in [1.165, 1.54) is 0 Å². The monoisotopic (exact) mass is 277 g/mol. The van der Waals surface area contributed by atoms with E-state index in [-0.39, 0.29) is 0 Å². The van der Waals surface area contributed by atoms with Gasteiger partial charge >= 0.3 is 5.97 Å². The van der Waals surface area contributed by atoms with Gasteiger partial charge in [0.25, 0.3) is 0 Å². The molecule has 1 aromatic rings. The molecule has 1 aliphatic rings. The molecule has 1 fully saturated rings. The topological polar surface area (TPSA) is 58.6 Å². The van der Waals surface area contributed by atoms with Crippen molar-refractivity contribution in [1.29, 1.82) is 0 Å². The molecule has 110 valence electrons. The molecule has 2 N–H and O–H groups in total. The van der Waals surface area contributed by atoms with Gasteiger partial charge in [0.1, 0.15) is 11.3 Å². The largest absolute Gasteiger partial charge is 0.493 e. The van der Waals surface area contributed by atoms with Gasteiger partial charge in [-0.15, -0.1) is 0 Å². The van der Waals surface area contributed by atoms with Gasteiger partial charge < -0.3 is 9.84 Å². The molecule has 4 nitrogen and oxygen atoms in total. The average Bonchev–Trinajstić information content (AvgIpc) is 3.16. The summed E-state index contributed by atoms with van der Waals surface area (Å²) in [6.45, 7) is 6.14. The first-order chi connectivity index (χ1) is 9.42. The van der Waals surface area contributed by atoms with Gasteiger partial charge in [0.15, 0.2) is 0 Å². The molecule has 4 heteroatoms. The number of benzene rings is 1. The highest BCUT2D eigenvalue weighted by molar-refractivity contribution is 5.78. The molecule has 0 spiro atoms. The first kappa shape index (κ1) is 14.9. The van der Waals surface area contributed by atoms with Crippen molar-refractivity contribution >= 4 is 5.97 Å². The number of nitrogens with one attached hydrogen (secondary N) is 1. The minimum atomic E-state index is -0.905. The fourth-order valence-corrected chi connectivity index (χ4v) is 2.30.